The first kappa shape index (κ1) is 40.4. The highest BCUT2D eigenvalue weighted by Crippen LogP contribution is 2.21. The summed E-state index contributed by atoms with van der Waals surface area (Å²) in [5, 5.41) is 9.18. The Hall–Kier alpha value is -3.61. The van der Waals surface area contributed by atoms with Crippen molar-refractivity contribution in [2.45, 2.75) is 116 Å². The van der Waals surface area contributed by atoms with Gasteiger partial charge in [-0.15, -0.1) is 5.06 Å². The number of amides is 4. The highest BCUT2D eigenvalue weighted by molar-refractivity contribution is 5.85. The van der Waals surface area contributed by atoms with Crippen LogP contribution in [0.15, 0.2) is 12.3 Å². The lowest BCUT2D eigenvalue weighted by Gasteiger charge is -2.21. The van der Waals surface area contributed by atoms with E-state index in [2.05, 4.69) is 22.5 Å². The van der Waals surface area contributed by atoms with Gasteiger partial charge in [0.2, 0.25) is 17.7 Å². The van der Waals surface area contributed by atoms with Gasteiger partial charge in [0.25, 0.3) is 5.91 Å². The molecule has 0 aliphatic carbocycles. The Morgan fingerprint density at radius 3 is 1.74 bits per heavy atom. The van der Waals surface area contributed by atoms with Crippen molar-refractivity contribution < 1.29 is 38.4 Å². The van der Waals surface area contributed by atoms with Crippen LogP contribution in [0.4, 0.5) is 0 Å². The summed E-state index contributed by atoms with van der Waals surface area (Å²) >= 11 is 0. The van der Waals surface area contributed by atoms with Gasteiger partial charge in [0, 0.05) is 58.7 Å². The Kier molecular flexibility index (Phi) is 21.6. The Bertz CT molecular complexity index is 974. The summed E-state index contributed by atoms with van der Waals surface area (Å²) in [5.74, 6) is -1.19. The lowest BCUT2D eigenvalue weighted by Crippen LogP contribution is -2.45. The smallest absolute Gasteiger partial charge is 0.333 e. The minimum absolute atomic E-state index is 0.0162. The average Bonchev–Trinajstić information content (AvgIpc) is 3.33. The van der Waals surface area contributed by atoms with Crippen LogP contribution in [0.3, 0.4) is 0 Å². The van der Waals surface area contributed by atoms with Crippen molar-refractivity contribution >= 4 is 41.2 Å². The van der Waals surface area contributed by atoms with Crippen molar-refractivity contribution in [3.8, 4) is 0 Å². The largest absolute Gasteiger partial charge is 0.359 e. The number of nitrogens with zero attached hydrogens (tertiary/aromatic N) is 2. The molecule has 0 spiro atoms. The zero-order valence-corrected chi connectivity index (χ0v) is 27.9. The van der Waals surface area contributed by atoms with Crippen LogP contribution in [-0.4, -0.2) is 90.9 Å². The molecule has 260 valence electrons. The van der Waals surface area contributed by atoms with Gasteiger partial charge >= 0.3 is 5.97 Å². The molecular formula is C33H55N5O8. The number of carbonyl (C=O) groups excluding carboxylic acids is 7. The first-order valence-electron chi connectivity index (χ1n) is 16.8. The molecule has 4 amide bonds. The molecule has 0 atom stereocenters. The summed E-state index contributed by atoms with van der Waals surface area (Å²) in [4.78, 5) is 91.0. The molecule has 1 aliphatic rings. The first-order chi connectivity index (χ1) is 22.0. The van der Waals surface area contributed by atoms with Crippen LogP contribution in [-0.2, 0) is 38.4 Å². The van der Waals surface area contributed by atoms with E-state index in [1.165, 1.54) is 0 Å². The van der Waals surface area contributed by atoms with Crippen molar-refractivity contribution in [2.24, 2.45) is 0 Å². The molecule has 1 saturated heterocycles. The molecule has 0 unspecified atom stereocenters. The van der Waals surface area contributed by atoms with Crippen LogP contribution >= 0.6 is 0 Å². The van der Waals surface area contributed by atoms with E-state index in [9.17, 15) is 33.6 Å². The topological polar surface area (TPSA) is 171 Å². The molecular weight excluding hydrogens is 594 g/mol. The summed E-state index contributed by atoms with van der Waals surface area (Å²) in [6.45, 7) is 6.16. The maximum Gasteiger partial charge on any atom is 0.333 e. The number of hydroxylamine groups is 2. The molecule has 0 aromatic carbocycles. The fraction of sp³-hybridized carbons (Fsp3) is 0.727. The SMILES string of the molecule is C=C1CCC(=O)N1OC(=O)CCCCCNC(=O)CN(CC(=O)CCCCCCC(=O)CC)CC(=O)NCCCCCC(=O)NC. The zero-order chi connectivity index (χ0) is 34.2. The average molecular weight is 650 g/mol. The number of hydrogen-bond donors (Lipinski definition) is 3. The molecule has 1 rings (SSSR count). The summed E-state index contributed by atoms with van der Waals surface area (Å²) in [7, 11) is 1.60. The molecule has 1 fully saturated rings. The molecule has 13 heteroatoms. The lowest BCUT2D eigenvalue weighted by atomic mass is 10.1. The van der Waals surface area contributed by atoms with E-state index in [4.69, 9.17) is 4.84 Å². The van der Waals surface area contributed by atoms with Crippen LogP contribution in [0, 0.1) is 0 Å². The molecule has 13 nitrogen and oxygen atoms in total. The second-order valence-electron chi connectivity index (χ2n) is 11.7. The normalized spacial score (nSPS) is 12.7. The number of unbranched alkanes of at least 4 members (excludes halogenated alkanes) is 7. The number of carbonyl (C=O) groups is 7. The van der Waals surface area contributed by atoms with Gasteiger partial charge in [0.15, 0.2) is 0 Å². The molecule has 0 aromatic rings. The molecule has 1 heterocycles. The highest BCUT2D eigenvalue weighted by atomic mass is 16.7. The predicted molar refractivity (Wildman–Crippen MR) is 173 cm³/mol. The molecule has 3 N–H and O–H groups in total. The van der Waals surface area contributed by atoms with E-state index in [1.807, 2.05) is 6.92 Å². The summed E-state index contributed by atoms with van der Waals surface area (Å²) in [6, 6.07) is 0. The lowest BCUT2D eigenvalue weighted by molar-refractivity contribution is -0.186. The van der Waals surface area contributed by atoms with Crippen molar-refractivity contribution in [1.29, 1.82) is 0 Å². The maximum absolute atomic E-state index is 12.7. The van der Waals surface area contributed by atoms with E-state index in [-0.39, 0.29) is 67.7 Å². The second-order valence-corrected chi connectivity index (χ2v) is 11.7. The van der Waals surface area contributed by atoms with Crippen molar-refractivity contribution in [1.82, 2.24) is 25.9 Å². The van der Waals surface area contributed by atoms with Gasteiger partial charge in [-0.25, -0.2) is 4.79 Å². The van der Waals surface area contributed by atoms with Gasteiger partial charge in [0.05, 0.1) is 25.3 Å². The van der Waals surface area contributed by atoms with Gasteiger partial charge in [0.1, 0.15) is 11.6 Å². The zero-order valence-electron chi connectivity index (χ0n) is 27.9. The van der Waals surface area contributed by atoms with Gasteiger partial charge in [-0.2, -0.15) is 0 Å². The van der Waals surface area contributed by atoms with Crippen LogP contribution in [0.1, 0.15) is 116 Å². The predicted octanol–water partition coefficient (Wildman–Crippen LogP) is 2.87. The van der Waals surface area contributed by atoms with E-state index in [0.717, 1.165) is 43.6 Å². The maximum atomic E-state index is 12.7. The quantitative estimate of drug-likeness (QED) is 0.113. The Morgan fingerprint density at radius 1 is 0.696 bits per heavy atom. The summed E-state index contributed by atoms with van der Waals surface area (Å²) < 4.78 is 0. The second kappa shape index (κ2) is 24.6. The molecule has 0 bridgehead atoms. The van der Waals surface area contributed by atoms with Gasteiger partial charge in [-0.3, -0.25) is 33.7 Å². The number of rotatable bonds is 27. The molecule has 0 saturated carbocycles. The minimum atomic E-state index is -0.505. The van der Waals surface area contributed by atoms with E-state index in [1.54, 1.807) is 11.9 Å². The number of nitrogens with one attached hydrogen (secondary N) is 3. The van der Waals surface area contributed by atoms with E-state index < -0.39 is 5.97 Å². The monoisotopic (exact) mass is 649 g/mol. The first-order valence-corrected chi connectivity index (χ1v) is 16.8. The van der Waals surface area contributed by atoms with E-state index in [0.29, 0.717) is 76.6 Å². The number of Topliss-reactive ketones (excluding diaryl/α,β-unsaturated/α-hetero) is 2. The number of hydrogen-bond acceptors (Lipinski definition) is 9. The number of allylic oxidation sites excluding steroid dienone is 1. The van der Waals surface area contributed by atoms with Crippen LogP contribution < -0.4 is 16.0 Å². The summed E-state index contributed by atoms with van der Waals surface area (Å²) in [5.41, 5.74) is 0.473. The molecule has 0 aromatic heterocycles. The minimum Gasteiger partial charge on any atom is -0.359 e. The van der Waals surface area contributed by atoms with E-state index >= 15 is 0 Å². The third-order valence-corrected chi connectivity index (χ3v) is 7.59. The summed E-state index contributed by atoms with van der Waals surface area (Å²) in [6.07, 6.45) is 10.1. The molecule has 1 aliphatic heterocycles. The van der Waals surface area contributed by atoms with Crippen molar-refractivity contribution in [3.05, 3.63) is 12.3 Å². The van der Waals surface area contributed by atoms with Crippen LogP contribution in [0.5, 0.6) is 0 Å². The fourth-order valence-corrected chi connectivity index (χ4v) is 4.82. The molecule has 0 radical (unpaired) electrons. The number of ketones is 2. The van der Waals surface area contributed by atoms with Crippen molar-refractivity contribution in [3.63, 3.8) is 0 Å². The third kappa shape index (κ3) is 19.7. The van der Waals surface area contributed by atoms with Crippen LogP contribution in [0.25, 0.3) is 0 Å². The Balaban J connectivity index is 2.41. The highest BCUT2D eigenvalue weighted by Gasteiger charge is 2.28. The molecule has 46 heavy (non-hydrogen) atoms. The Labute approximate surface area is 273 Å². The third-order valence-electron chi connectivity index (χ3n) is 7.59. The van der Waals surface area contributed by atoms with Gasteiger partial charge < -0.3 is 20.8 Å². The Morgan fingerprint density at radius 2 is 1.22 bits per heavy atom. The van der Waals surface area contributed by atoms with Crippen molar-refractivity contribution in [2.75, 3.05) is 39.8 Å². The van der Waals surface area contributed by atoms with Gasteiger partial charge in [-0.1, -0.05) is 39.2 Å². The standard InChI is InChI=1S/C33H55N5O8/c1-4-27(39)15-9-5-6-10-16-28(40)23-37(24-30(42)35-21-13-7-11-17-29(41)34-3)25-31(43)36-22-14-8-12-18-33(45)46-38-26(2)19-20-32(38)44/h2,4-25H2,1,3H3,(H,34,41)(H,35,42)(H,36,43). The van der Waals surface area contributed by atoms with Crippen LogP contribution in [0.2, 0.25) is 0 Å². The fourth-order valence-electron chi connectivity index (χ4n) is 4.82. The van der Waals surface area contributed by atoms with Gasteiger partial charge in [-0.05, 0) is 44.9 Å².